The van der Waals surface area contributed by atoms with Crippen LogP contribution in [0, 0.1) is 0 Å². The number of nitrogen functional groups attached to an aromatic ring is 1. The molecule has 0 radical (unpaired) electrons. The van der Waals surface area contributed by atoms with Crippen molar-refractivity contribution in [2.75, 3.05) is 5.73 Å². The first kappa shape index (κ1) is 11.2. The molecule has 0 spiro atoms. The Kier molecular flexibility index (Phi) is 3.64. The van der Waals surface area contributed by atoms with E-state index in [0.717, 1.165) is 22.2 Å². The molecule has 0 aliphatic rings. The molecule has 0 aromatic carbocycles. The van der Waals surface area contributed by atoms with Gasteiger partial charge in [0.25, 0.3) is 0 Å². The first-order chi connectivity index (χ1) is 7.74. The molecule has 0 aliphatic carbocycles. The molecule has 0 bridgehead atoms. The van der Waals surface area contributed by atoms with Crippen LogP contribution in [0.1, 0.15) is 5.69 Å². The molecule has 2 N–H and O–H groups in total. The Hall–Kier alpha value is -1.26. The van der Waals surface area contributed by atoms with Gasteiger partial charge in [-0.05, 0) is 24.3 Å². The molecule has 16 heavy (non-hydrogen) atoms. The number of anilines is 1. The summed E-state index contributed by atoms with van der Waals surface area (Å²) >= 11 is 7.35. The van der Waals surface area contributed by atoms with Crippen LogP contribution in [-0.4, -0.2) is 9.97 Å². The largest absolute Gasteiger partial charge is 0.399 e. The average Bonchev–Trinajstić information content (AvgIpc) is 2.28. The summed E-state index contributed by atoms with van der Waals surface area (Å²) in [7, 11) is 0. The predicted octanol–water partition coefficient (Wildman–Crippen LogP) is 3.00. The lowest BCUT2D eigenvalue weighted by atomic mass is 10.3. The van der Waals surface area contributed by atoms with Crippen LogP contribution in [0.4, 0.5) is 5.69 Å². The molecule has 0 saturated heterocycles. The highest BCUT2D eigenvalue weighted by atomic mass is 35.5. The minimum Gasteiger partial charge on any atom is -0.399 e. The second-order valence-corrected chi connectivity index (χ2v) is 4.62. The Morgan fingerprint density at radius 1 is 1.25 bits per heavy atom. The maximum atomic E-state index is 5.75. The van der Waals surface area contributed by atoms with Gasteiger partial charge in [-0.25, -0.2) is 4.98 Å². The van der Waals surface area contributed by atoms with E-state index in [-0.39, 0.29) is 0 Å². The van der Waals surface area contributed by atoms with E-state index in [9.17, 15) is 0 Å². The van der Waals surface area contributed by atoms with Crippen molar-refractivity contribution in [1.82, 2.24) is 9.97 Å². The zero-order valence-corrected chi connectivity index (χ0v) is 10.0. The minimum absolute atomic E-state index is 0.645. The molecular formula is C11H10ClN3S. The zero-order valence-electron chi connectivity index (χ0n) is 8.43. The number of aromatic nitrogens is 2. The summed E-state index contributed by atoms with van der Waals surface area (Å²) in [5.74, 6) is 0.750. The second kappa shape index (κ2) is 5.18. The molecule has 0 unspecified atom stereocenters. The van der Waals surface area contributed by atoms with Gasteiger partial charge in [0.05, 0.1) is 15.7 Å². The summed E-state index contributed by atoms with van der Waals surface area (Å²) in [6.07, 6.45) is 3.34. The van der Waals surface area contributed by atoms with Gasteiger partial charge in [0.2, 0.25) is 0 Å². The fourth-order valence-electron chi connectivity index (χ4n) is 1.17. The summed E-state index contributed by atoms with van der Waals surface area (Å²) in [5.41, 5.74) is 7.34. The van der Waals surface area contributed by atoms with Crippen LogP contribution in [0.15, 0.2) is 41.7 Å². The van der Waals surface area contributed by atoms with E-state index in [2.05, 4.69) is 9.97 Å². The molecular weight excluding hydrogens is 242 g/mol. The van der Waals surface area contributed by atoms with Crippen molar-refractivity contribution in [2.45, 2.75) is 10.8 Å². The molecule has 0 fully saturated rings. The average molecular weight is 252 g/mol. The van der Waals surface area contributed by atoms with Gasteiger partial charge in [0, 0.05) is 23.8 Å². The van der Waals surface area contributed by atoms with Crippen LogP contribution >= 0.6 is 23.4 Å². The lowest BCUT2D eigenvalue weighted by Crippen LogP contribution is -1.91. The van der Waals surface area contributed by atoms with Crippen molar-refractivity contribution < 1.29 is 0 Å². The lowest BCUT2D eigenvalue weighted by Gasteiger charge is -2.01. The van der Waals surface area contributed by atoms with Gasteiger partial charge >= 0.3 is 0 Å². The molecule has 2 aromatic rings. The summed E-state index contributed by atoms with van der Waals surface area (Å²) in [6.45, 7) is 0. The molecule has 5 heteroatoms. The third kappa shape index (κ3) is 3.12. The highest BCUT2D eigenvalue weighted by Crippen LogP contribution is 2.21. The van der Waals surface area contributed by atoms with Crippen molar-refractivity contribution in [3.8, 4) is 0 Å². The van der Waals surface area contributed by atoms with E-state index < -0.39 is 0 Å². The SMILES string of the molecule is Nc1ccnc(CSc2ccc(Cl)cn2)c1. The first-order valence-electron chi connectivity index (χ1n) is 4.69. The van der Waals surface area contributed by atoms with Crippen LogP contribution in [0.25, 0.3) is 0 Å². The third-order valence-corrected chi connectivity index (χ3v) is 3.11. The molecule has 3 nitrogen and oxygen atoms in total. The van der Waals surface area contributed by atoms with E-state index in [4.69, 9.17) is 17.3 Å². The fourth-order valence-corrected chi connectivity index (χ4v) is 2.03. The standard InChI is InChI=1S/C11H10ClN3S/c12-8-1-2-11(15-6-8)16-7-10-5-9(13)3-4-14-10/h1-6H,7H2,(H2,13,14). The van der Waals surface area contributed by atoms with Crippen molar-refractivity contribution in [2.24, 2.45) is 0 Å². The monoisotopic (exact) mass is 251 g/mol. The number of thioether (sulfide) groups is 1. The number of nitrogens with zero attached hydrogens (tertiary/aromatic N) is 2. The normalized spacial score (nSPS) is 10.3. The van der Waals surface area contributed by atoms with Gasteiger partial charge in [-0.2, -0.15) is 0 Å². The molecule has 2 aromatic heterocycles. The Labute approximate surface area is 103 Å². The molecule has 0 atom stereocenters. The maximum Gasteiger partial charge on any atom is 0.0964 e. The van der Waals surface area contributed by atoms with Gasteiger partial charge in [0.1, 0.15) is 0 Å². The maximum absolute atomic E-state index is 5.75. The first-order valence-corrected chi connectivity index (χ1v) is 6.05. The van der Waals surface area contributed by atoms with Crippen molar-refractivity contribution >= 4 is 29.1 Å². The van der Waals surface area contributed by atoms with Crippen LogP contribution < -0.4 is 5.73 Å². The van der Waals surface area contributed by atoms with Gasteiger partial charge < -0.3 is 5.73 Å². The highest BCUT2D eigenvalue weighted by Gasteiger charge is 1.99. The third-order valence-electron chi connectivity index (χ3n) is 1.91. The van der Waals surface area contributed by atoms with E-state index in [0.29, 0.717) is 5.02 Å². The van der Waals surface area contributed by atoms with Crippen molar-refractivity contribution in [3.05, 3.63) is 47.4 Å². The van der Waals surface area contributed by atoms with Gasteiger partial charge in [0.15, 0.2) is 0 Å². The highest BCUT2D eigenvalue weighted by molar-refractivity contribution is 7.98. The number of hydrogen-bond acceptors (Lipinski definition) is 4. The molecule has 82 valence electrons. The second-order valence-electron chi connectivity index (χ2n) is 3.18. The van der Waals surface area contributed by atoms with Crippen LogP contribution in [0.3, 0.4) is 0 Å². The topological polar surface area (TPSA) is 51.8 Å². The van der Waals surface area contributed by atoms with Crippen LogP contribution in [-0.2, 0) is 5.75 Å². The number of nitrogens with two attached hydrogens (primary N) is 1. The Morgan fingerprint density at radius 3 is 2.81 bits per heavy atom. The summed E-state index contributed by atoms with van der Waals surface area (Å²) in [4.78, 5) is 8.41. The minimum atomic E-state index is 0.645. The number of hydrogen-bond donors (Lipinski definition) is 1. The van der Waals surface area contributed by atoms with E-state index in [1.165, 1.54) is 0 Å². The molecule has 2 heterocycles. The Morgan fingerprint density at radius 2 is 2.12 bits per heavy atom. The number of pyridine rings is 2. The van der Waals surface area contributed by atoms with Gasteiger partial charge in [-0.1, -0.05) is 11.6 Å². The summed E-state index contributed by atoms with van der Waals surface area (Å²) in [5, 5.41) is 1.57. The summed E-state index contributed by atoms with van der Waals surface area (Å²) in [6, 6.07) is 7.35. The van der Waals surface area contributed by atoms with Crippen LogP contribution in [0.2, 0.25) is 5.02 Å². The zero-order chi connectivity index (χ0) is 11.4. The van der Waals surface area contributed by atoms with E-state index in [1.54, 1.807) is 30.2 Å². The summed E-state index contributed by atoms with van der Waals surface area (Å²) < 4.78 is 0. The Bertz CT molecular complexity index is 473. The molecule has 0 amide bonds. The quantitative estimate of drug-likeness (QED) is 0.852. The number of halogens is 1. The van der Waals surface area contributed by atoms with Crippen molar-refractivity contribution in [3.63, 3.8) is 0 Å². The Balaban J connectivity index is 1.99. The smallest absolute Gasteiger partial charge is 0.0964 e. The van der Waals surface area contributed by atoms with Crippen molar-refractivity contribution in [1.29, 1.82) is 0 Å². The number of rotatable bonds is 3. The van der Waals surface area contributed by atoms with E-state index >= 15 is 0 Å². The van der Waals surface area contributed by atoms with Crippen LogP contribution in [0.5, 0.6) is 0 Å². The van der Waals surface area contributed by atoms with E-state index in [1.807, 2.05) is 18.2 Å². The van der Waals surface area contributed by atoms with Gasteiger partial charge in [-0.3, -0.25) is 4.98 Å². The lowest BCUT2D eigenvalue weighted by molar-refractivity contribution is 1.12. The fraction of sp³-hybridized carbons (Fsp3) is 0.0909. The molecule has 0 aliphatic heterocycles. The predicted molar refractivity (Wildman–Crippen MR) is 67.5 cm³/mol. The molecule has 0 saturated carbocycles. The van der Waals surface area contributed by atoms with Gasteiger partial charge in [-0.15, -0.1) is 11.8 Å². The molecule has 2 rings (SSSR count).